The molecule has 3 rings (SSSR count). The Kier molecular flexibility index (Phi) is 5.44. The monoisotopic (exact) mass is 384 g/mol. The van der Waals surface area contributed by atoms with E-state index in [0.29, 0.717) is 22.7 Å². The predicted molar refractivity (Wildman–Crippen MR) is 103 cm³/mol. The van der Waals surface area contributed by atoms with E-state index >= 15 is 0 Å². The van der Waals surface area contributed by atoms with E-state index in [2.05, 4.69) is 10.3 Å². The maximum absolute atomic E-state index is 12.5. The number of pyridine rings is 1. The van der Waals surface area contributed by atoms with Gasteiger partial charge in [-0.05, 0) is 18.2 Å². The van der Waals surface area contributed by atoms with Crippen LogP contribution in [0, 0.1) is 0 Å². The van der Waals surface area contributed by atoms with Crippen LogP contribution in [0.15, 0.2) is 46.1 Å². The number of methoxy groups -OCH3 is 2. The fourth-order valence-electron chi connectivity index (χ4n) is 2.97. The normalized spacial score (nSPS) is 10.7. The lowest BCUT2D eigenvalue weighted by molar-refractivity contribution is -0.121. The number of fused-ring (bicyclic) bond motifs is 1. The van der Waals surface area contributed by atoms with Crippen LogP contribution in [0.1, 0.15) is 5.56 Å². The van der Waals surface area contributed by atoms with Crippen molar-refractivity contribution in [2.75, 3.05) is 14.2 Å². The summed E-state index contributed by atoms with van der Waals surface area (Å²) >= 11 is 0. The molecule has 0 aliphatic rings. The number of hydrogen-bond donors (Lipinski definition) is 1. The standard InChI is InChI=1S/C19H20N4O5/c1-22-17-13(7-5-9-20-17)23(19(26)18(22)25)11-15(24)21-10-12-6-4-8-14(27-2)16(12)28-3/h4-9H,10-11H2,1-3H3,(H,21,24). The minimum absolute atomic E-state index is 0.176. The van der Waals surface area contributed by atoms with Gasteiger partial charge in [-0.1, -0.05) is 12.1 Å². The minimum Gasteiger partial charge on any atom is -0.493 e. The van der Waals surface area contributed by atoms with Gasteiger partial charge in [0.1, 0.15) is 6.54 Å². The van der Waals surface area contributed by atoms with Gasteiger partial charge < -0.3 is 14.8 Å². The second kappa shape index (κ2) is 7.95. The largest absolute Gasteiger partial charge is 0.493 e. The zero-order valence-electron chi connectivity index (χ0n) is 15.8. The Labute approximate surface area is 160 Å². The van der Waals surface area contributed by atoms with Gasteiger partial charge in [0, 0.05) is 25.4 Å². The molecule has 2 heterocycles. The molecule has 9 heteroatoms. The third kappa shape index (κ3) is 3.46. The van der Waals surface area contributed by atoms with E-state index in [-0.39, 0.29) is 13.1 Å². The molecule has 0 fully saturated rings. The fraction of sp³-hybridized carbons (Fsp3) is 0.263. The highest BCUT2D eigenvalue weighted by atomic mass is 16.5. The Morgan fingerprint density at radius 2 is 1.89 bits per heavy atom. The molecule has 0 bridgehead atoms. The van der Waals surface area contributed by atoms with Crippen molar-refractivity contribution < 1.29 is 14.3 Å². The zero-order chi connectivity index (χ0) is 20.3. The van der Waals surface area contributed by atoms with Crippen molar-refractivity contribution in [3.05, 3.63) is 62.8 Å². The molecule has 146 valence electrons. The summed E-state index contributed by atoms with van der Waals surface area (Å²) < 4.78 is 12.9. The molecule has 2 aromatic heterocycles. The van der Waals surface area contributed by atoms with E-state index in [9.17, 15) is 14.4 Å². The Morgan fingerprint density at radius 3 is 2.61 bits per heavy atom. The summed E-state index contributed by atoms with van der Waals surface area (Å²) in [4.78, 5) is 41.1. The molecular weight excluding hydrogens is 364 g/mol. The van der Waals surface area contributed by atoms with Crippen LogP contribution in [0.5, 0.6) is 11.5 Å². The number of carbonyl (C=O) groups excluding carboxylic acids is 1. The van der Waals surface area contributed by atoms with Gasteiger partial charge >= 0.3 is 11.1 Å². The molecule has 0 saturated heterocycles. The number of nitrogens with one attached hydrogen (secondary N) is 1. The molecule has 1 aromatic carbocycles. The number of hydrogen-bond acceptors (Lipinski definition) is 6. The van der Waals surface area contributed by atoms with Crippen LogP contribution in [0.3, 0.4) is 0 Å². The topological polar surface area (TPSA) is 104 Å². The SMILES string of the molecule is COc1cccc(CNC(=O)Cn2c(=O)c(=O)n(C)c3ncccc32)c1OC. The van der Waals surface area contributed by atoms with Crippen LogP contribution in [0.25, 0.3) is 11.2 Å². The van der Waals surface area contributed by atoms with E-state index in [1.807, 2.05) is 0 Å². The molecule has 1 amide bonds. The Bertz CT molecular complexity index is 1150. The number of nitrogens with zero attached hydrogens (tertiary/aromatic N) is 3. The van der Waals surface area contributed by atoms with Crippen LogP contribution in [-0.2, 0) is 24.9 Å². The van der Waals surface area contributed by atoms with Crippen LogP contribution >= 0.6 is 0 Å². The average molecular weight is 384 g/mol. The van der Waals surface area contributed by atoms with Crippen molar-refractivity contribution in [2.24, 2.45) is 7.05 Å². The summed E-state index contributed by atoms with van der Waals surface area (Å²) in [6.07, 6.45) is 1.52. The summed E-state index contributed by atoms with van der Waals surface area (Å²) in [5, 5.41) is 2.74. The quantitative estimate of drug-likeness (QED) is 0.618. The number of para-hydroxylation sites is 1. The maximum atomic E-state index is 12.5. The van der Waals surface area contributed by atoms with Crippen LogP contribution in [0.4, 0.5) is 0 Å². The molecule has 0 saturated carbocycles. The van der Waals surface area contributed by atoms with Gasteiger partial charge in [-0.25, -0.2) is 4.98 Å². The van der Waals surface area contributed by atoms with Crippen molar-refractivity contribution in [1.29, 1.82) is 0 Å². The Hall–Kier alpha value is -3.62. The molecule has 0 atom stereocenters. The molecule has 3 aromatic rings. The van der Waals surface area contributed by atoms with Crippen LogP contribution in [-0.4, -0.2) is 34.2 Å². The fourth-order valence-corrected chi connectivity index (χ4v) is 2.97. The van der Waals surface area contributed by atoms with Gasteiger partial charge in [0.2, 0.25) is 5.91 Å². The number of amides is 1. The average Bonchev–Trinajstić information content (AvgIpc) is 2.73. The van der Waals surface area contributed by atoms with Crippen molar-refractivity contribution in [1.82, 2.24) is 19.4 Å². The lowest BCUT2D eigenvalue weighted by Crippen LogP contribution is -2.43. The highest BCUT2D eigenvalue weighted by molar-refractivity contribution is 5.78. The Morgan fingerprint density at radius 1 is 1.11 bits per heavy atom. The molecule has 0 spiro atoms. The van der Waals surface area contributed by atoms with Gasteiger partial charge in [0.15, 0.2) is 17.1 Å². The summed E-state index contributed by atoms with van der Waals surface area (Å²) in [5.41, 5.74) is -0.0679. The summed E-state index contributed by atoms with van der Waals surface area (Å²) in [5.74, 6) is 0.644. The number of benzene rings is 1. The second-order valence-corrected chi connectivity index (χ2v) is 6.03. The molecular formula is C19H20N4O5. The highest BCUT2D eigenvalue weighted by Gasteiger charge is 2.15. The molecule has 0 unspecified atom stereocenters. The molecule has 0 aliphatic carbocycles. The predicted octanol–water partition coefficient (Wildman–Crippen LogP) is 0.429. The second-order valence-electron chi connectivity index (χ2n) is 6.03. The zero-order valence-corrected chi connectivity index (χ0v) is 15.8. The summed E-state index contributed by atoms with van der Waals surface area (Å²) in [6.45, 7) is -0.127. The first-order valence-electron chi connectivity index (χ1n) is 8.49. The van der Waals surface area contributed by atoms with E-state index in [1.165, 1.54) is 32.0 Å². The first kappa shape index (κ1) is 19.2. The van der Waals surface area contributed by atoms with Crippen LogP contribution < -0.4 is 25.9 Å². The Balaban J connectivity index is 1.86. The maximum Gasteiger partial charge on any atom is 0.317 e. The van der Waals surface area contributed by atoms with Gasteiger partial charge in [-0.15, -0.1) is 0 Å². The number of aromatic nitrogens is 3. The first-order valence-corrected chi connectivity index (χ1v) is 8.49. The lowest BCUT2D eigenvalue weighted by Gasteiger charge is -2.14. The third-order valence-corrected chi connectivity index (χ3v) is 4.37. The first-order chi connectivity index (χ1) is 13.5. The smallest absolute Gasteiger partial charge is 0.317 e. The molecule has 0 radical (unpaired) electrons. The van der Waals surface area contributed by atoms with Gasteiger partial charge in [0.05, 0.1) is 19.7 Å². The van der Waals surface area contributed by atoms with E-state index in [4.69, 9.17) is 9.47 Å². The van der Waals surface area contributed by atoms with Crippen molar-refractivity contribution in [2.45, 2.75) is 13.1 Å². The lowest BCUT2D eigenvalue weighted by atomic mass is 10.2. The molecule has 28 heavy (non-hydrogen) atoms. The van der Waals surface area contributed by atoms with Crippen molar-refractivity contribution in [3.63, 3.8) is 0 Å². The van der Waals surface area contributed by atoms with Gasteiger partial charge in [-0.2, -0.15) is 0 Å². The molecule has 9 nitrogen and oxygen atoms in total. The highest BCUT2D eigenvalue weighted by Crippen LogP contribution is 2.30. The number of ether oxygens (including phenoxy) is 2. The summed E-state index contributed by atoms with van der Waals surface area (Å²) in [7, 11) is 4.52. The van der Waals surface area contributed by atoms with Crippen molar-refractivity contribution in [3.8, 4) is 11.5 Å². The number of aryl methyl sites for hydroxylation is 1. The van der Waals surface area contributed by atoms with Crippen LogP contribution in [0.2, 0.25) is 0 Å². The van der Waals surface area contributed by atoms with Gasteiger partial charge in [-0.3, -0.25) is 23.5 Å². The van der Waals surface area contributed by atoms with E-state index in [1.54, 1.807) is 30.3 Å². The summed E-state index contributed by atoms with van der Waals surface area (Å²) in [6, 6.07) is 8.62. The molecule has 0 aliphatic heterocycles. The third-order valence-electron chi connectivity index (χ3n) is 4.37. The number of rotatable bonds is 6. The van der Waals surface area contributed by atoms with E-state index < -0.39 is 17.0 Å². The minimum atomic E-state index is -0.780. The molecule has 1 N–H and O–H groups in total. The van der Waals surface area contributed by atoms with Crippen molar-refractivity contribution >= 4 is 17.1 Å². The van der Waals surface area contributed by atoms with Gasteiger partial charge in [0.25, 0.3) is 0 Å². The van der Waals surface area contributed by atoms with E-state index in [0.717, 1.165) is 10.1 Å². The number of carbonyl (C=O) groups is 1.